The molecule has 19 heavy (non-hydrogen) atoms. The van der Waals surface area contributed by atoms with E-state index in [1.54, 1.807) is 7.11 Å². The number of carboxylic acids is 1. The van der Waals surface area contributed by atoms with Crippen LogP contribution in [0.1, 0.15) is 12.8 Å². The first kappa shape index (κ1) is 15.9. The first-order chi connectivity index (χ1) is 9.10. The van der Waals surface area contributed by atoms with Gasteiger partial charge in [-0.3, -0.25) is 9.59 Å². The summed E-state index contributed by atoms with van der Waals surface area (Å²) in [6.45, 7) is 1.60. The maximum Gasteiger partial charge on any atom is 0.311 e. The van der Waals surface area contributed by atoms with Crippen LogP contribution < -0.4 is 5.32 Å². The van der Waals surface area contributed by atoms with Crippen molar-refractivity contribution in [2.75, 3.05) is 46.7 Å². The summed E-state index contributed by atoms with van der Waals surface area (Å²) >= 11 is 0. The quantitative estimate of drug-likeness (QED) is 0.588. The molecule has 7 nitrogen and oxygen atoms in total. The normalized spacial score (nSPS) is 17.9. The van der Waals surface area contributed by atoms with Crippen LogP contribution in [0.4, 0.5) is 0 Å². The zero-order valence-electron chi connectivity index (χ0n) is 11.1. The number of carbonyl (C=O) groups excluding carboxylic acids is 1. The number of hydrogen-bond acceptors (Lipinski definition) is 5. The van der Waals surface area contributed by atoms with Gasteiger partial charge in [-0.1, -0.05) is 0 Å². The lowest BCUT2D eigenvalue weighted by Gasteiger charge is -2.33. The van der Waals surface area contributed by atoms with Gasteiger partial charge >= 0.3 is 5.97 Å². The molecule has 0 aromatic heterocycles. The summed E-state index contributed by atoms with van der Waals surface area (Å²) in [4.78, 5) is 22.8. The topological polar surface area (TPSA) is 94.1 Å². The summed E-state index contributed by atoms with van der Waals surface area (Å²) in [5, 5.41) is 11.9. The Hall–Kier alpha value is -1.18. The SMILES string of the molecule is COCCOCC(=O)NCC1(C(=O)O)CCOCC1. The van der Waals surface area contributed by atoms with Gasteiger partial charge in [0.2, 0.25) is 5.91 Å². The van der Waals surface area contributed by atoms with Gasteiger partial charge in [0.1, 0.15) is 6.61 Å². The molecule has 1 fully saturated rings. The molecule has 0 spiro atoms. The molecule has 7 heteroatoms. The largest absolute Gasteiger partial charge is 0.481 e. The van der Waals surface area contributed by atoms with Gasteiger partial charge in [0.15, 0.2) is 0 Å². The lowest BCUT2D eigenvalue weighted by molar-refractivity contribution is -0.154. The second-order valence-corrected chi connectivity index (χ2v) is 4.52. The molecule has 2 N–H and O–H groups in total. The molecule has 0 unspecified atom stereocenters. The van der Waals surface area contributed by atoms with Crippen molar-refractivity contribution < 1.29 is 28.9 Å². The van der Waals surface area contributed by atoms with Gasteiger partial charge in [-0.05, 0) is 12.8 Å². The molecule has 1 aliphatic heterocycles. The highest BCUT2D eigenvalue weighted by Gasteiger charge is 2.40. The van der Waals surface area contributed by atoms with Crippen molar-refractivity contribution in [3.05, 3.63) is 0 Å². The predicted molar refractivity (Wildman–Crippen MR) is 65.8 cm³/mol. The van der Waals surface area contributed by atoms with Crippen molar-refractivity contribution in [2.45, 2.75) is 12.8 Å². The number of aliphatic carboxylic acids is 1. The number of carbonyl (C=O) groups is 2. The maximum absolute atomic E-state index is 11.5. The lowest BCUT2D eigenvalue weighted by atomic mass is 9.80. The fourth-order valence-electron chi connectivity index (χ4n) is 1.85. The second-order valence-electron chi connectivity index (χ2n) is 4.52. The van der Waals surface area contributed by atoms with Crippen LogP contribution >= 0.6 is 0 Å². The number of rotatable bonds is 8. The van der Waals surface area contributed by atoms with E-state index in [2.05, 4.69) is 5.32 Å². The molecule has 0 atom stereocenters. The average Bonchev–Trinajstić information content (AvgIpc) is 2.42. The first-order valence-electron chi connectivity index (χ1n) is 6.25. The molecule has 1 amide bonds. The Morgan fingerprint density at radius 3 is 2.58 bits per heavy atom. The van der Waals surface area contributed by atoms with Crippen LogP contribution in [0.2, 0.25) is 0 Å². The van der Waals surface area contributed by atoms with Gasteiger partial charge in [0, 0.05) is 26.9 Å². The molecule has 1 saturated heterocycles. The number of hydrogen-bond donors (Lipinski definition) is 2. The van der Waals surface area contributed by atoms with E-state index in [1.807, 2.05) is 0 Å². The van der Waals surface area contributed by atoms with E-state index in [0.29, 0.717) is 39.3 Å². The third kappa shape index (κ3) is 5.14. The van der Waals surface area contributed by atoms with E-state index in [-0.39, 0.29) is 19.1 Å². The van der Waals surface area contributed by atoms with Crippen LogP contribution in [-0.2, 0) is 23.8 Å². The summed E-state index contributed by atoms with van der Waals surface area (Å²) in [7, 11) is 1.55. The monoisotopic (exact) mass is 275 g/mol. The zero-order valence-corrected chi connectivity index (χ0v) is 11.1. The molecule has 1 heterocycles. The molecule has 0 aliphatic carbocycles. The van der Waals surface area contributed by atoms with E-state index in [0.717, 1.165) is 0 Å². The highest BCUT2D eigenvalue weighted by Crippen LogP contribution is 2.29. The Morgan fingerprint density at radius 1 is 1.32 bits per heavy atom. The van der Waals surface area contributed by atoms with Gasteiger partial charge in [-0.25, -0.2) is 0 Å². The molecular weight excluding hydrogens is 254 g/mol. The smallest absolute Gasteiger partial charge is 0.311 e. The Bertz CT molecular complexity index is 301. The van der Waals surface area contributed by atoms with Gasteiger partial charge < -0.3 is 24.6 Å². The molecule has 0 bridgehead atoms. The van der Waals surface area contributed by atoms with Gasteiger partial charge in [0.05, 0.1) is 18.6 Å². The molecular formula is C12H21NO6. The second kappa shape index (κ2) is 8.08. The highest BCUT2D eigenvalue weighted by atomic mass is 16.5. The van der Waals surface area contributed by atoms with Crippen molar-refractivity contribution in [3.8, 4) is 0 Å². The number of nitrogens with one attached hydrogen (secondary N) is 1. The van der Waals surface area contributed by atoms with Crippen molar-refractivity contribution in [1.29, 1.82) is 0 Å². The summed E-state index contributed by atoms with van der Waals surface area (Å²) < 4.78 is 15.0. The average molecular weight is 275 g/mol. The van der Waals surface area contributed by atoms with Crippen molar-refractivity contribution in [1.82, 2.24) is 5.32 Å². The summed E-state index contributed by atoms with van der Waals surface area (Å²) in [5.41, 5.74) is -0.916. The third-order valence-electron chi connectivity index (χ3n) is 3.19. The molecule has 0 radical (unpaired) electrons. The van der Waals surface area contributed by atoms with Crippen molar-refractivity contribution >= 4 is 11.9 Å². The molecule has 0 saturated carbocycles. The van der Waals surface area contributed by atoms with Crippen LogP contribution in [0.15, 0.2) is 0 Å². The number of carboxylic acid groups (broad SMARTS) is 1. The van der Waals surface area contributed by atoms with E-state index in [9.17, 15) is 14.7 Å². The van der Waals surface area contributed by atoms with Gasteiger partial charge in [-0.2, -0.15) is 0 Å². The van der Waals surface area contributed by atoms with Crippen LogP contribution in [0.3, 0.4) is 0 Å². The van der Waals surface area contributed by atoms with Crippen molar-refractivity contribution in [2.24, 2.45) is 5.41 Å². The predicted octanol–water partition coefficient (Wildman–Crippen LogP) is -0.353. The van der Waals surface area contributed by atoms with E-state index < -0.39 is 11.4 Å². The molecule has 1 aliphatic rings. The maximum atomic E-state index is 11.5. The minimum atomic E-state index is -0.916. The minimum Gasteiger partial charge on any atom is -0.481 e. The number of ether oxygens (including phenoxy) is 3. The third-order valence-corrected chi connectivity index (χ3v) is 3.19. The standard InChI is InChI=1S/C12H21NO6/c1-17-6-7-19-8-10(14)13-9-12(11(15)16)2-4-18-5-3-12/h2-9H2,1H3,(H,13,14)(H,15,16). The van der Waals surface area contributed by atoms with Crippen LogP contribution in [0.25, 0.3) is 0 Å². The summed E-state index contributed by atoms with van der Waals surface area (Å²) in [6.07, 6.45) is 0.820. The zero-order chi connectivity index (χ0) is 14.1. The van der Waals surface area contributed by atoms with Crippen molar-refractivity contribution in [3.63, 3.8) is 0 Å². The Labute approximate surface area is 112 Å². The van der Waals surface area contributed by atoms with E-state index in [4.69, 9.17) is 14.2 Å². The van der Waals surface area contributed by atoms with Crippen LogP contribution in [0.5, 0.6) is 0 Å². The minimum absolute atomic E-state index is 0.0877. The fourth-order valence-corrected chi connectivity index (χ4v) is 1.85. The van der Waals surface area contributed by atoms with E-state index >= 15 is 0 Å². The summed E-state index contributed by atoms with van der Waals surface area (Å²) in [6, 6.07) is 0. The van der Waals surface area contributed by atoms with Gasteiger partial charge in [0.25, 0.3) is 0 Å². The Kier molecular flexibility index (Phi) is 6.75. The first-order valence-corrected chi connectivity index (χ1v) is 6.25. The van der Waals surface area contributed by atoms with Crippen LogP contribution in [-0.4, -0.2) is 63.7 Å². The lowest BCUT2D eigenvalue weighted by Crippen LogP contribution is -2.47. The molecule has 110 valence electrons. The highest BCUT2D eigenvalue weighted by molar-refractivity contribution is 5.79. The van der Waals surface area contributed by atoms with E-state index in [1.165, 1.54) is 0 Å². The Morgan fingerprint density at radius 2 is 2.00 bits per heavy atom. The van der Waals surface area contributed by atoms with Crippen LogP contribution in [0, 0.1) is 5.41 Å². The fraction of sp³-hybridized carbons (Fsp3) is 0.833. The Balaban J connectivity index is 2.31. The molecule has 1 rings (SSSR count). The van der Waals surface area contributed by atoms with Gasteiger partial charge in [-0.15, -0.1) is 0 Å². The number of methoxy groups -OCH3 is 1. The summed E-state index contributed by atoms with van der Waals surface area (Å²) in [5.74, 6) is -1.21. The molecule has 0 aromatic rings. The number of amides is 1. The molecule has 0 aromatic carbocycles.